The maximum absolute atomic E-state index is 12.9. The van der Waals surface area contributed by atoms with Crippen LogP contribution in [-0.2, 0) is 14.8 Å². The SMILES string of the molecule is Cc1cccc(NS(=O)(=O)c2cc(NC(=O)COc3ccccc3C)ccc2C)c1. The third-order valence-electron chi connectivity index (χ3n) is 4.48. The summed E-state index contributed by atoms with van der Waals surface area (Å²) in [5, 5.41) is 2.69. The Kier molecular flexibility index (Phi) is 6.42. The molecule has 3 aromatic carbocycles. The molecule has 0 atom stereocenters. The van der Waals surface area contributed by atoms with Gasteiger partial charge in [0, 0.05) is 11.4 Å². The molecule has 7 heteroatoms. The van der Waals surface area contributed by atoms with E-state index in [1.54, 1.807) is 43.3 Å². The minimum atomic E-state index is -3.81. The van der Waals surface area contributed by atoms with Crippen LogP contribution in [0.3, 0.4) is 0 Å². The highest BCUT2D eigenvalue weighted by Gasteiger charge is 2.18. The largest absolute Gasteiger partial charge is 0.483 e. The molecule has 0 aliphatic carbocycles. The fraction of sp³-hybridized carbons (Fsp3) is 0.174. The van der Waals surface area contributed by atoms with Gasteiger partial charge < -0.3 is 10.1 Å². The fourth-order valence-corrected chi connectivity index (χ4v) is 4.27. The van der Waals surface area contributed by atoms with E-state index in [-0.39, 0.29) is 17.4 Å². The molecule has 1 amide bonds. The molecule has 0 heterocycles. The molecule has 0 saturated carbocycles. The molecule has 3 aromatic rings. The monoisotopic (exact) mass is 424 g/mol. The normalized spacial score (nSPS) is 11.0. The molecule has 3 rings (SSSR count). The van der Waals surface area contributed by atoms with Crippen LogP contribution in [0.2, 0.25) is 0 Å². The van der Waals surface area contributed by atoms with Crippen LogP contribution in [0.25, 0.3) is 0 Å². The van der Waals surface area contributed by atoms with Gasteiger partial charge in [-0.2, -0.15) is 0 Å². The molecule has 2 N–H and O–H groups in total. The van der Waals surface area contributed by atoms with E-state index in [1.165, 1.54) is 6.07 Å². The van der Waals surface area contributed by atoms with Gasteiger partial charge >= 0.3 is 0 Å². The maximum atomic E-state index is 12.9. The zero-order valence-electron chi connectivity index (χ0n) is 17.1. The summed E-state index contributed by atoms with van der Waals surface area (Å²) in [7, 11) is -3.81. The minimum Gasteiger partial charge on any atom is -0.483 e. The third-order valence-corrected chi connectivity index (χ3v) is 6.01. The van der Waals surface area contributed by atoms with Gasteiger partial charge in [0.05, 0.1) is 4.90 Å². The summed E-state index contributed by atoms with van der Waals surface area (Å²) in [5.74, 6) is 0.249. The van der Waals surface area contributed by atoms with Crippen molar-refractivity contribution in [2.24, 2.45) is 0 Å². The molecular formula is C23H24N2O4S. The fourth-order valence-electron chi connectivity index (χ4n) is 2.94. The number of amides is 1. The quantitative estimate of drug-likeness (QED) is 0.588. The van der Waals surface area contributed by atoms with E-state index in [9.17, 15) is 13.2 Å². The number of anilines is 2. The second-order valence-electron chi connectivity index (χ2n) is 7.06. The lowest BCUT2D eigenvalue weighted by atomic mass is 10.2. The first kappa shape index (κ1) is 21.4. The average Bonchev–Trinajstić information content (AvgIpc) is 2.68. The van der Waals surface area contributed by atoms with Gasteiger partial charge in [-0.25, -0.2) is 8.42 Å². The first-order chi connectivity index (χ1) is 14.2. The number of carbonyl (C=O) groups excluding carboxylic acids is 1. The van der Waals surface area contributed by atoms with Crippen molar-refractivity contribution in [2.45, 2.75) is 25.7 Å². The summed E-state index contributed by atoms with van der Waals surface area (Å²) in [5.41, 5.74) is 3.31. The Morgan fingerprint density at radius 1 is 0.867 bits per heavy atom. The van der Waals surface area contributed by atoms with Gasteiger partial charge in [-0.15, -0.1) is 0 Å². The number of ether oxygens (including phenoxy) is 1. The predicted octanol–water partition coefficient (Wildman–Crippen LogP) is 4.43. The molecule has 30 heavy (non-hydrogen) atoms. The summed E-state index contributed by atoms with van der Waals surface area (Å²) in [6.45, 7) is 5.31. The van der Waals surface area contributed by atoms with Gasteiger partial charge in [0.1, 0.15) is 5.75 Å². The van der Waals surface area contributed by atoms with Crippen LogP contribution < -0.4 is 14.8 Å². The van der Waals surface area contributed by atoms with E-state index < -0.39 is 10.0 Å². The van der Waals surface area contributed by atoms with Gasteiger partial charge in [-0.3, -0.25) is 9.52 Å². The number of nitrogens with one attached hydrogen (secondary N) is 2. The van der Waals surface area contributed by atoms with Crippen molar-refractivity contribution in [3.05, 3.63) is 83.4 Å². The van der Waals surface area contributed by atoms with E-state index in [0.29, 0.717) is 22.7 Å². The van der Waals surface area contributed by atoms with Crippen molar-refractivity contribution in [1.29, 1.82) is 0 Å². The van der Waals surface area contributed by atoms with Crippen LogP contribution in [0.5, 0.6) is 5.75 Å². The van der Waals surface area contributed by atoms with Crippen molar-refractivity contribution < 1.29 is 17.9 Å². The summed E-state index contributed by atoms with van der Waals surface area (Å²) < 4.78 is 33.9. The number of aryl methyl sites for hydroxylation is 3. The first-order valence-corrected chi connectivity index (χ1v) is 10.9. The van der Waals surface area contributed by atoms with Gasteiger partial charge in [-0.05, 0) is 67.8 Å². The number of carbonyl (C=O) groups is 1. The van der Waals surface area contributed by atoms with Crippen LogP contribution in [-0.4, -0.2) is 20.9 Å². The number of sulfonamides is 1. The standard InChI is InChI=1S/C23H24N2O4S/c1-16-7-6-9-20(13-16)25-30(27,28)22-14-19(12-11-18(22)3)24-23(26)15-29-21-10-5-4-8-17(21)2/h4-14,25H,15H2,1-3H3,(H,24,26). The summed E-state index contributed by atoms with van der Waals surface area (Å²) in [6, 6.07) is 19.3. The topological polar surface area (TPSA) is 84.5 Å². The van der Waals surface area contributed by atoms with Gasteiger partial charge in [0.2, 0.25) is 0 Å². The predicted molar refractivity (Wildman–Crippen MR) is 118 cm³/mol. The van der Waals surface area contributed by atoms with Gasteiger partial charge in [0.15, 0.2) is 6.61 Å². The van der Waals surface area contributed by atoms with Crippen LogP contribution in [0.4, 0.5) is 11.4 Å². The zero-order chi connectivity index (χ0) is 21.7. The Hall–Kier alpha value is -3.32. The Balaban J connectivity index is 1.72. The van der Waals surface area contributed by atoms with Crippen molar-refractivity contribution in [2.75, 3.05) is 16.6 Å². The molecule has 0 radical (unpaired) electrons. The number of rotatable bonds is 7. The highest BCUT2D eigenvalue weighted by atomic mass is 32.2. The minimum absolute atomic E-state index is 0.0987. The highest BCUT2D eigenvalue weighted by molar-refractivity contribution is 7.92. The van der Waals surface area contributed by atoms with Crippen molar-refractivity contribution in [3.8, 4) is 5.75 Å². The molecular weight excluding hydrogens is 400 g/mol. The molecule has 0 aliphatic rings. The van der Waals surface area contributed by atoms with Gasteiger partial charge in [-0.1, -0.05) is 36.4 Å². The number of hydrogen-bond acceptors (Lipinski definition) is 4. The van der Waals surface area contributed by atoms with E-state index in [2.05, 4.69) is 10.0 Å². The van der Waals surface area contributed by atoms with Crippen LogP contribution >= 0.6 is 0 Å². The molecule has 6 nitrogen and oxygen atoms in total. The molecule has 0 aromatic heterocycles. The third kappa shape index (κ3) is 5.39. The molecule has 156 valence electrons. The Morgan fingerprint density at radius 2 is 1.63 bits per heavy atom. The number of benzene rings is 3. The second-order valence-corrected chi connectivity index (χ2v) is 8.71. The second kappa shape index (κ2) is 9.00. The Bertz CT molecular complexity index is 1170. The Morgan fingerprint density at radius 3 is 2.37 bits per heavy atom. The average molecular weight is 425 g/mol. The molecule has 0 spiro atoms. The van der Waals surface area contributed by atoms with Crippen molar-refractivity contribution in [1.82, 2.24) is 0 Å². The van der Waals surface area contributed by atoms with Crippen molar-refractivity contribution in [3.63, 3.8) is 0 Å². The Labute approximate surface area is 177 Å². The number of para-hydroxylation sites is 1. The molecule has 0 fully saturated rings. The summed E-state index contributed by atoms with van der Waals surface area (Å²) in [4.78, 5) is 12.4. The molecule has 0 saturated heterocycles. The van der Waals surface area contributed by atoms with Crippen LogP contribution in [0.1, 0.15) is 16.7 Å². The zero-order valence-corrected chi connectivity index (χ0v) is 17.9. The summed E-state index contributed by atoms with van der Waals surface area (Å²) >= 11 is 0. The maximum Gasteiger partial charge on any atom is 0.262 e. The lowest BCUT2D eigenvalue weighted by molar-refractivity contribution is -0.118. The molecule has 0 bridgehead atoms. The lowest BCUT2D eigenvalue weighted by Crippen LogP contribution is -2.21. The van der Waals surface area contributed by atoms with E-state index in [4.69, 9.17) is 4.74 Å². The van der Waals surface area contributed by atoms with Gasteiger partial charge in [0.25, 0.3) is 15.9 Å². The number of hydrogen-bond donors (Lipinski definition) is 2. The highest BCUT2D eigenvalue weighted by Crippen LogP contribution is 2.23. The lowest BCUT2D eigenvalue weighted by Gasteiger charge is -2.13. The van der Waals surface area contributed by atoms with Crippen molar-refractivity contribution >= 4 is 27.3 Å². The summed E-state index contributed by atoms with van der Waals surface area (Å²) in [6.07, 6.45) is 0. The first-order valence-electron chi connectivity index (χ1n) is 9.43. The molecule has 0 unspecified atom stereocenters. The smallest absolute Gasteiger partial charge is 0.262 e. The molecule has 0 aliphatic heterocycles. The van der Waals surface area contributed by atoms with E-state index >= 15 is 0 Å². The van der Waals surface area contributed by atoms with Crippen LogP contribution in [0, 0.1) is 20.8 Å². The van der Waals surface area contributed by atoms with E-state index in [0.717, 1.165) is 11.1 Å². The van der Waals surface area contributed by atoms with Crippen LogP contribution in [0.15, 0.2) is 71.6 Å². The van der Waals surface area contributed by atoms with E-state index in [1.807, 2.05) is 38.1 Å².